The number of hydrogen-bond acceptors (Lipinski definition) is 4. The molecular formula is C4H8CrFeO4. The fourth-order valence-electron chi connectivity index (χ4n) is 0. The summed E-state index contributed by atoms with van der Waals surface area (Å²) in [5.41, 5.74) is 0. The van der Waals surface area contributed by atoms with Crippen LogP contribution in [-0.4, -0.2) is 0 Å². The summed E-state index contributed by atoms with van der Waals surface area (Å²) in [4.78, 5) is 0. The second-order valence-corrected chi connectivity index (χ2v) is 2.38. The molecule has 0 amide bonds. The number of rotatable bonds is 1. The summed E-state index contributed by atoms with van der Waals surface area (Å²) in [5, 5.41) is 0. The normalized spacial score (nSPS) is 8.30. The molecule has 0 rings (SSSR count). The second kappa shape index (κ2) is 9.31. The zero-order chi connectivity index (χ0) is 7.91. The van der Waals surface area contributed by atoms with Crippen LogP contribution in [0.5, 0.6) is 0 Å². The van der Waals surface area contributed by atoms with Crippen LogP contribution >= 0.6 is 0 Å². The van der Waals surface area contributed by atoms with Gasteiger partial charge in [0.1, 0.15) is 0 Å². The van der Waals surface area contributed by atoms with E-state index in [4.69, 9.17) is 15.9 Å². The Morgan fingerprint density at radius 3 is 1.60 bits per heavy atom. The molecular weight excluding hydrogens is 220 g/mol. The first kappa shape index (κ1) is 16.7. The summed E-state index contributed by atoms with van der Waals surface area (Å²) in [6, 6.07) is 0. The topological polar surface area (TPSA) is 80.3 Å². The van der Waals surface area contributed by atoms with Crippen molar-refractivity contribution in [3.8, 4) is 0 Å². The van der Waals surface area contributed by atoms with E-state index in [1.165, 1.54) is 0 Å². The molecule has 0 aliphatic rings. The van der Waals surface area contributed by atoms with Gasteiger partial charge in [-0.2, -0.15) is 0 Å². The molecule has 0 aliphatic heterocycles. The molecule has 0 aromatic heterocycles. The van der Waals surface area contributed by atoms with E-state index in [1.807, 2.05) is 6.08 Å². The SMILES string of the molecule is C=CCC.[Fe+2].[O]=[Cr](=[O])([O-])[O-]. The molecule has 0 atom stereocenters. The zero-order valence-electron chi connectivity index (χ0n) is 5.39. The molecule has 0 aliphatic carbocycles. The van der Waals surface area contributed by atoms with Crippen molar-refractivity contribution in [3.05, 3.63) is 12.7 Å². The van der Waals surface area contributed by atoms with Gasteiger partial charge in [0.05, 0.1) is 0 Å². The van der Waals surface area contributed by atoms with Crippen molar-refractivity contribution in [2.75, 3.05) is 0 Å². The zero-order valence-corrected chi connectivity index (χ0v) is 7.77. The van der Waals surface area contributed by atoms with Gasteiger partial charge in [-0.05, 0) is 6.42 Å². The Morgan fingerprint density at radius 1 is 1.50 bits per heavy atom. The van der Waals surface area contributed by atoms with E-state index in [0.29, 0.717) is 0 Å². The first-order chi connectivity index (χ1) is 3.91. The molecule has 0 aromatic carbocycles. The summed E-state index contributed by atoms with van der Waals surface area (Å²) < 4.78 is 34.4. The van der Waals surface area contributed by atoms with E-state index < -0.39 is 13.6 Å². The molecule has 0 heterocycles. The Morgan fingerprint density at radius 2 is 1.60 bits per heavy atom. The average Bonchev–Trinajstić information content (AvgIpc) is 1.61. The molecule has 0 unspecified atom stereocenters. The van der Waals surface area contributed by atoms with Crippen LogP contribution in [0.15, 0.2) is 12.7 Å². The van der Waals surface area contributed by atoms with Crippen molar-refractivity contribution in [2.24, 2.45) is 0 Å². The first-order valence-corrected chi connectivity index (χ1v) is 4.27. The van der Waals surface area contributed by atoms with Gasteiger partial charge in [-0.15, -0.1) is 6.58 Å². The van der Waals surface area contributed by atoms with Crippen LogP contribution < -0.4 is 8.32 Å². The van der Waals surface area contributed by atoms with Gasteiger partial charge >= 0.3 is 46.6 Å². The molecule has 0 spiro atoms. The molecule has 0 bridgehead atoms. The summed E-state index contributed by atoms with van der Waals surface area (Å²) in [6.45, 7) is 5.54. The Labute approximate surface area is 72.8 Å². The van der Waals surface area contributed by atoms with Gasteiger partial charge < -0.3 is 0 Å². The molecule has 0 saturated heterocycles. The van der Waals surface area contributed by atoms with E-state index >= 15 is 0 Å². The van der Waals surface area contributed by atoms with Crippen LogP contribution in [-0.2, 0) is 38.3 Å². The summed E-state index contributed by atoms with van der Waals surface area (Å²) >= 11 is -5.75. The fraction of sp³-hybridized carbons (Fsp3) is 0.500. The van der Waals surface area contributed by atoms with Crippen LogP contribution in [0.4, 0.5) is 0 Å². The van der Waals surface area contributed by atoms with Crippen molar-refractivity contribution < 1.29 is 46.6 Å². The van der Waals surface area contributed by atoms with Gasteiger partial charge in [0.15, 0.2) is 0 Å². The fourth-order valence-corrected chi connectivity index (χ4v) is 0. The molecule has 0 fully saturated rings. The number of hydrogen-bond donors (Lipinski definition) is 0. The minimum atomic E-state index is -5.75. The van der Waals surface area contributed by atoms with E-state index in [2.05, 4.69) is 13.5 Å². The van der Waals surface area contributed by atoms with Crippen LogP contribution in [0.2, 0.25) is 0 Å². The third-order valence-corrected chi connectivity index (χ3v) is 0.289. The van der Waals surface area contributed by atoms with Gasteiger partial charge in [-0.1, -0.05) is 13.0 Å². The van der Waals surface area contributed by atoms with Crippen molar-refractivity contribution in [1.82, 2.24) is 0 Å². The monoisotopic (exact) mass is 228 g/mol. The summed E-state index contributed by atoms with van der Waals surface area (Å²) in [5.74, 6) is 0. The predicted octanol–water partition coefficient (Wildman–Crippen LogP) is -1.04. The quantitative estimate of drug-likeness (QED) is 0.424. The first-order valence-electron chi connectivity index (χ1n) is 2.19. The molecule has 0 radical (unpaired) electrons. The van der Waals surface area contributed by atoms with Crippen LogP contribution in [0, 0.1) is 0 Å². The molecule has 4 nitrogen and oxygen atoms in total. The minimum absolute atomic E-state index is 0. The van der Waals surface area contributed by atoms with Gasteiger partial charge in [0, 0.05) is 0 Å². The molecule has 0 N–H and O–H groups in total. The van der Waals surface area contributed by atoms with E-state index in [0.717, 1.165) is 6.42 Å². The molecule has 0 aromatic rings. The standard InChI is InChI=1S/C4H8.Cr.Fe.4O/c1-3-4-2;;;;;;/h3H,1,4H2,2H3;;;;;;/q;;+2;;;2*-1. The van der Waals surface area contributed by atoms with Gasteiger partial charge in [0.25, 0.3) is 0 Å². The molecule has 10 heavy (non-hydrogen) atoms. The Kier molecular flexibility index (Phi) is 15.6. The Bertz CT molecular complexity index is 143. The maximum atomic E-state index is 8.59. The van der Waals surface area contributed by atoms with Crippen LogP contribution in [0.25, 0.3) is 0 Å². The number of allylic oxidation sites excluding steroid dienone is 1. The third kappa shape index (κ3) is 258. The second-order valence-electron chi connectivity index (χ2n) is 1.11. The molecule has 0 saturated carbocycles. The van der Waals surface area contributed by atoms with Crippen LogP contribution in [0.3, 0.4) is 0 Å². The predicted molar refractivity (Wildman–Crippen MR) is 21.9 cm³/mol. The van der Waals surface area contributed by atoms with Crippen LogP contribution in [0.1, 0.15) is 13.3 Å². The van der Waals surface area contributed by atoms with E-state index in [9.17, 15) is 0 Å². The average molecular weight is 228 g/mol. The summed E-state index contributed by atoms with van der Waals surface area (Å²) in [7, 11) is 0. The van der Waals surface area contributed by atoms with E-state index in [-0.39, 0.29) is 17.1 Å². The van der Waals surface area contributed by atoms with Crippen molar-refractivity contribution in [1.29, 1.82) is 0 Å². The summed E-state index contributed by atoms with van der Waals surface area (Å²) in [6.07, 6.45) is 2.96. The Hall–Kier alpha value is 0.312. The maximum absolute atomic E-state index is 8.59. The van der Waals surface area contributed by atoms with Crippen molar-refractivity contribution in [2.45, 2.75) is 13.3 Å². The Balaban J connectivity index is -0.0000000910. The van der Waals surface area contributed by atoms with Gasteiger partial charge in [0.2, 0.25) is 0 Å². The molecule has 62 valence electrons. The van der Waals surface area contributed by atoms with Crippen molar-refractivity contribution >= 4 is 0 Å². The van der Waals surface area contributed by atoms with Gasteiger partial charge in [-0.25, -0.2) is 0 Å². The van der Waals surface area contributed by atoms with E-state index in [1.54, 1.807) is 0 Å². The van der Waals surface area contributed by atoms with Gasteiger partial charge in [-0.3, -0.25) is 0 Å². The molecule has 6 heteroatoms. The third-order valence-electron chi connectivity index (χ3n) is 0.289. The van der Waals surface area contributed by atoms with Crippen molar-refractivity contribution in [3.63, 3.8) is 0 Å².